The van der Waals surface area contributed by atoms with Crippen LogP contribution in [0.4, 0.5) is 0 Å². The molecule has 0 aromatic heterocycles. The second-order valence-electron chi connectivity index (χ2n) is 5.43. The smallest absolute Gasteiger partial charge is 0.251 e. The maximum Gasteiger partial charge on any atom is 0.251 e. The fraction of sp³-hybridized carbons (Fsp3) is 0.353. The molecule has 3 heteroatoms. The van der Waals surface area contributed by atoms with Gasteiger partial charge >= 0.3 is 0 Å². The molecule has 0 aliphatic carbocycles. The van der Waals surface area contributed by atoms with Crippen molar-refractivity contribution in [2.45, 2.75) is 31.9 Å². The molecule has 1 amide bonds. The predicted molar refractivity (Wildman–Crippen MR) is 79.3 cm³/mol. The molecule has 2 aromatic rings. The van der Waals surface area contributed by atoms with Gasteiger partial charge in [0.25, 0.3) is 5.91 Å². The number of nitrogens with zero attached hydrogens (tertiary/aromatic N) is 1. The molecule has 1 fully saturated rings. The van der Waals surface area contributed by atoms with Crippen molar-refractivity contribution in [2.75, 3.05) is 6.54 Å². The number of benzene rings is 2. The van der Waals surface area contributed by atoms with Crippen LogP contribution < -0.4 is 0 Å². The average Bonchev–Trinajstić information content (AvgIpc) is 2.94. The summed E-state index contributed by atoms with van der Waals surface area (Å²) < 4.78 is 0. The molecule has 0 bridgehead atoms. The first-order valence-corrected chi connectivity index (χ1v) is 7.14. The van der Waals surface area contributed by atoms with Gasteiger partial charge in [-0.3, -0.25) is 4.79 Å². The summed E-state index contributed by atoms with van der Waals surface area (Å²) >= 11 is 0. The Kier molecular flexibility index (Phi) is 3.45. The van der Waals surface area contributed by atoms with Crippen LogP contribution in [0.1, 0.15) is 31.4 Å². The minimum absolute atomic E-state index is 0.0863. The molecule has 2 atom stereocenters. The van der Waals surface area contributed by atoms with E-state index in [1.165, 1.54) is 16.3 Å². The Labute approximate surface area is 118 Å². The van der Waals surface area contributed by atoms with Crippen molar-refractivity contribution in [3.05, 3.63) is 48.0 Å². The molecule has 0 spiro atoms. The number of hydrogen-bond donors (Lipinski definition) is 1. The lowest BCUT2D eigenvalue weighted by Gasteiger charge is -2.27. The largest absolute Gasteiger partial charge is 0.384 e. The van der Waals surface area contributed by atoms with Gasteiger partial charge in [-0.2, -0.15) is 0 Å². The van der Waals surface area contributed by atoms with E-state index in [9.17, 15) is 9.90 Å². The monoisotopic (exact) mass is 269 g/mol. The van der Waals surface area contributed by atoms with E-state index in [4.69, 9.17) is 0 Å². The second-order valence-corrected chi connectivity index (χ2v) is 5.43. The van der Waals surface area contributed by atoms with Crippen molar-refractivity contribution in [1.29, 1.82) is 0 Å². The van der Waals surface area contributed by atoms with Crippen LogP contribution in [0.15, 0.2) is 42.5 Å². The molecule has 3 nitrogen and oxygen atoms in total. The zero-order valence-electron chi connectivity index (χ0n) is 11.6. The van der Waals surface area contributed by atoms with Crippen LogP contribution in [0.2, 0.25) is 0 Å². The second kappa shape index (κ2) is 5.25. The van der Waals surface area contributed by atoms with Crippen molar-refractivity contribution in [1.82, 2.24) is 4.90 Å². The number of fused-ring (bicyclic) bond motifs is 1. The van der Waals surface area contributed by atoms with Crippen molar-refractivity contribution in [3.63, 3.8) is 0 Å². The standard InChI is InChI=1S/C17H19NO2/c1-12(19)17(20)18-11-5-10-16(18)15-9-4-7-13-6-2-3-8-14(13)15/h2-4,6-9,12,16,19H,5,10-11H2,1H3. The number of likely N-dealkylation sites (tertiary alicyclic amines) is 1. The summed E-state index contributed by atoms with van der Waals surface area (Å²) in [6.07, 6.45) is 1.03. The van der Waals surface area contributed by atoms with Gasteiger partial charge in [0.15, 0.2) is 0 Å². The van der Waals surface area contributed by atoms with Gasteiger partial charge in [0.2, 0.25) is 0 Å². The lowest BCUT2D eigenvalue weighted by Crippen LogP contribution is -2.37. The van der Waals surface area contributed by atoms with Crippen LogP contribution >= 0.6 is 0 Å². The number of rotatable bonds is 2. The van der Waals surface area contributed by atoms with Crippen LogP contribution in [0.5, 0.6) is 0 Å². The van der Waals surface area contributed by atoms with Crippen LogP contribution in [0.25, 0.3) is 10.8 Å². The summed E-state index contributed by atoms with van der Waals surface area (Å²) in [5.41, 5.74) is 1.19. The van der Waals surface area contributed by atoms with E-state index in [-0.39, 0.29) is 11.9 Å². The van der Waals surface area contributed by atoms with E-state index >= 15 is 0 Å². The maximum absolute atomic E-state index is 12.1. The molecule has 1 aliphatic heterocycles. The van der Waals surface area contributed by atoms with Gasteiger partial charge < -0.3 is 10.0 Å². The third-order valence-electron chi connectivity index (χ3n) is 4.08. The Morgan fingerprint density at radius 1 is 1.25 bits per heavy atom. The highest BCUT2D eigenvalue weighted by atomic mass is 16.3. The van der Waals surface area contributed by atoms with Gasteiger partial charge in [-0.05, 0) is 36.1 Å². The first-order chi connectivity index (χ1) is 9.68. The van der Waals surface area contributed by atoms with Gasteiger partial charge in [0.05, 0.1) is 6.04 Å². The van der Waals surface area contributed by atoms with Crippen LogP contribution in [-0.2, 0) is 4.79 Å². The minimum atomic E-state index is -0.925. The number of aliphatic hydroxyl groups is 1. The Morgan fingerprint density at radius 2 is 2.00 bits per heavy atom. The summed E-state index contributed by atoms with van der Waals surface area (Å²) in [7, 11) is 0. The Balaban J connectivity index is 2.04. The number of amides is 1. The van der Waals surface area contributed by atoms with Gasteiger partial charge in [0.1, 0.15) is 6.10 Å². The molecular formula is C17H19NO2. The quantitative estimate of drug-likeness (QED) is 0.910. The van der Waals surface area contributed by atoms with Crippen LogP contribution in [0.3, 0.4) is 0 Å². The van der Waals surface area contributed by atoms with Crippen molar-refractivity contribution in [3.8, 4) is 0 Å². The molecule has 104 valence electrons. The third-order valence-corrected chi connectivity index (χ3v) is 4.08. The van der Waals surface area contributed by atoms with Crippen LogP contribution in [0, 0.1) is 0 Å². The molecule has 2 unspecified atom stereocenters. The fourth-order valence-corrected chi connectivity index (χ4v) is 3.13. The highest BCUT2D eigenvalue weighted by molar-refractivity contribution is 5.87. The van der Waals surface area contributed by atoms with Crippen molar-refractivity contribution < 1.29 is 9.90 Å². The highest BCUT2D eigenvalue weighted by Gasteiger charge is 2.32. The summed E-state index contributed by atoms with van der Waals surface area (Å²) in [4.78, 5) is 14.0. The fourth-order valence-electron chi connectivity index (χ4n) is 3.13. The summed E-state index contributed by atoms with van der Waals surface area (Å²) in [5, 5.41) is 12.0. The number of hydrogen-bond acceptors (Lipinski definition) is 2. The normalized spacial score (nSPS) is 20.3. The van der Waals surface area contributed by atoms with Crippen molar-refractivity contribution in [2.24, 2.45) is 0 Å². The maximum atomic E-state index is 12.1. The molecule has 3 rings (SSSR count). The van der Waals surface area contributed by atoms with Crippen LogP contribution in [-0.4, -0.2) is 28.6 Å². The molecule has 1 heterocycles. The molecule has 1 aliphatic rings. The zero-order chi connectivity index (χ0) is 14.1. The van der Waals surface area contributed by atoms with E-state index in [0.717, 1.165) is 19.4 Å². The number of carbonyl (C=O) groups excluding carboxylic acids is 1. The average molecular weight is 269 g/mol. The SMILES string of the molecule is CC(O)C(=O)N1CCCC1c1cccc2ccccc12. The van der Waals surface area contributed by atoms with E-state index < -0.39 is 6.10 Å². The molecule has 1 saturated heterocycles. The first-order valence-electron chi connectivity index (χ1n) is 7.14. The van der Waals surface area contributed by atoms with Crippen molar-refractivity contribution >= 4 is 16.7 Å². The number of carbonyl (C=O) groups is 1. The molecule has 20 heavy (non-hydrogen) atoms. The summed E-state index contributed by atoms with van der Waals surface area (Å²) in [6, 6.07) is 14.6. The van der Waals surface area contributed by atoms with E-state index in [1.807, 2.05) is 23.1 Å². The van der Waals surface area contributed by atoms with Gasteiger partial charge in [0, 0.05) is 6.54 Å². The Bertz CT molecular complexity index is 630. The Morgan fingerprint density at radius 3 is 2.80 bits per heavy atom. The van der Waals surface area contributed by atoms with E-state index in [0.29, 0.717) is 0 Å². The highest BCUT2D eigenvalue weighted by Crippen LogP contribution is 2.36. The topological polar surface area (TPSA) is 40.5 Å². The summed E-state index contributed by atoms with van der Waals surface area (Å²) in [6.45, 7) is 2.28. The molecule has 0 saturated carbocycles. The summed E-state index contributed by atoms with van der Waals surface area (Å²) in [5.74, 6) is -0.166. The van der Waals surface area contributed by atoms with Gasteiger partial charge in [-0.15, -0.1) is 0 Å². The lowest BCUT2D eigenvalue weighted by atomic mass is 9.97. The zero-order valence-corrected chi connectivity index (χ0v) is 11.6. The molecular weight excluding hydrogens is 250 g/mol. The third kappa shape index (κ3) is 2.18. The molecule has 2 aromatic carbocycles. The van der Waals surface area contributed by atoms with E-state index in [2.05, 4.69) is 24.3 Å². The van der Waals surface area contributed by atoms with Gasteiger partial charge in [-0.25, -0.2) is 0 Å². The Hall–Kier alpha value is -1.87. The molecule has 0 radical (unpaired) electrons. The molecule has 1 N–H and O–H groups in total. The first kappa shape index (κ1) is 13.1. The number of aliphatic hydroxyl groups excluding tert-OH is 1. The lowest BCUT2D eigenvalue weighted by molar-refractivity contribution is -0.140. The van der Waals surface area contributed by atoms with E-state index in [1.54, 1.807) is 6.92 Å². The predicted octanol–water partition coefficient (Wildman–Crippen LogP) is 2.88. The minimum Gasteiger partial charge on any atom is -0.384 e. The van der Waals surface area contributed by atoms with Gasteiger partial charge in [-0.1, -0.05) is 42.5 Å².